The van der Waals surface area contributed by atoms with Gasteiger partial charge in [0.15, 0.2) is 0 Å². The summed E-state index contributed by atoms with van der Waals surface area (Å²) >= 11 is 0. The van der Waals surface area contributed by atoms with E-state index in [2.05, 4.69) is 37.5 Å². The summed E-state index contributed by atoms with van der Waals surface area (Å²) < 4.78 is 0. The average molecular weight is 288 g/mol. The van der Waals surface area contributed by atoms with E-state index in [0.717, 1.165) is 18.5 Å². The minimum Gasteiger partial charge on any atom is -0.335 e. The van der Waals surface area contributed by atoms with Crippen LogP contribution in [0.3, 0.4) is 0 Å². The molecule has 1 aliphatic rings. The molecule has 0 bridgehead atoms. The fraction of sp³-hybridized carbons (Fsp3) is 0.611. The topological polar surface area (TPSA) is 41.1 Å². The standard InChI is InChI=1S/C18H28N2O/c1-18(2,3)15-12-8-9-13-16(15)20-17(21)19-14-10-6-4-5-7-11-14/h8-9,12-14H,4-7,10-11H2,1-3H3,(H2,19,20,21). The van der Waals surface area contributed by atoms with Gasteiger partial charge in [0.2, 0.25) is 0 Å². The normalized spacial score (nSPS) is 17.1. The summed E-state index contributed by atoms with van der Waals surface area (Å²) in [5, 5.41) is 6.17. The van der Waals surface area contributed by atoms with E-state index >= 15 is 0 Å². The van der Waals surface area contributed by atoms with Crippen LogP contribution < -0.4 is 10.6 Å². The minimum atomic E-state index is -0.0707. The lowest BCUT2D eigenvalue weighted by atomic mass is 9.86. The van der Waals surface area contributed by atoms with Crippen molar-refractivity contribution in [2.75, 3.05) is 5.32 Å². The van der Waals surface area contributed by atoms with Crippen LogP contribution in [0.25, 0.3) is 0 Å². The molecule has 3 heteroatoms. The number of carbonyl (C=O) groups is 1. The van der Waals surface area contributed by atoms with Gasteiger partial charge in [0.25, 0.3) is 0 Å². The van der Waals surface area contributed by atoms with Crippen LogP contribution in [-0.4, -0.2) is 12.1 Å². The summed E-state index contributed by atoms with van der Waals surface area (Å²) in [5.41, 5.74) is 2.10. The number of anilines is 1. The van der Waals surface area contributed by atoms with Crippen molar-refractivity contribution in [2.24, 2.45) is 0 Å². The fourth-order valence-corrected chi connectivity index (χ4v) is 3.01. The van der Waals surface area contributed by atoms with E-state index in [9.17, 15) is 4.79 Å². The number of carbonyl (C=O) groups excluding carboxylic acids is 1. The number of rotatable bonds is 2. The Morgan fingerprint density at radius 2 is 1.67 bits per heavy atom. The van der Waals surface area contributed by atoms with Gasteiger partial charge in [-0.3, -0.25) is 0 Å². The molecule has 1 aliphatic carbocycles. The van der Waals surface area contributed by atoms with Gasteiger partial charge in [0.1, 0.15) is 0 Å². The molecule has 2 rings (SSSR count). The molecule has 0 heterocycles. The Morgan fingerprint density at radius 1 is 1.05 bits per heavy atom. The van der Waals surface area contributed by atoms with E-state index in [1.165, 1.54) is 31.2 Å². The molecule has 0 radical (unpaired) electrons. The number of urea groups is 1. The first-order chi connectivity index (χ1) is 9.97. The van der Waals surface area contributed by atoms with Gasteiger partial charge in [-0.15, -0.1) is 0 Å². The molecule has 2 amide bonds. The van der Waals surface area contributed by atoms with Gasteiger partial charge in [-0.25, -0.2) is 4.79 Å². The quantitative estimate of drug-likeness (QED) is 0.752. The zero-order valence-electron chi connectivity index (χ0n) is 13.5. The third-order valence-electron chi connectivity index (χ3n) is 4.17. The number of amides is 2. The number of benzene rings is 1. The first kappa shape index (κ1) is 15.9. The van der Waals surface area contributed by atoms with E-state index in [0.29, 0.717) is 6.04 Å². The zero-order chi connectivity index (χ0) is 15.3. The molecule has 21 heavy (non-hydrogen) atoms. The van der Waals surface area contributed by atoms with Gasteiger partial charge in [-0.2, -0.15) is 0 Å². The van der Waals surface area contributed by atoms with E-state index in [1.807, 2.05) is 18.2 Å². The highest BCUT2D eigenvalue weighted by atomic mass is 16.2. The molecule has 116 valence electrons. The van der Waals surface area contributed by atoms with Crippen molar-refractivity contribution in [3.63, 3.8) is 0 Å². The lowest BCUT2D eigenvalue weighted by Gasteiger charge is -2.24. The molecule has 0 spiro atoms. The maximum atomic E-state index is 12.2. The molecule has 0 aliphatic heterocycles. The summed E-state index contributed by atoms with van der Waals surface area (Å²) in [6.07, 6.45) is 7.26. The Bertz CT molecular complexity index is 468. The number of para-hydroxylation sites is 1. The van der Waals surface area contributed by atoms with Crippen molar-refractivity contribution >= 4 is 11.7 Å². The fourth-order valence-electron chi connectivity index (χ4n) is 3.01. The Kier molecular flexibility index (Phi) is 5.27. The van der Waals surface area contributed by atoms with E-state index in [-0.39, 0.29) is 11.4 Å². The maximum Gasteiger partial charge on any atom is 0.319 e. The van der Waals surface area contributed by atoms with Gasteiger partial charge in [-0.1, -0.05) is 64.7 Å². The monoisotopic (exact) mass is 288 g/mol. The molecule has 0 saturated heterocycles. The van der Waals surface area contributed by atoms with Gasteiger partial charge in [0, 0.05) is 11.7 Å². The van der Waals surface area contributed by atoms with Gasteiger partial charge >= 0.3 is 6.03 Å². The summed E-state index contributed by atoms with van der Waals surface area (Å²) in [4.78, 5) is 12.2. The molecule has 1 aromatic rings. The SMILES string of the molecule is CC(C)(C)c1ccccc1NC(=O)NC1CCCCCC1. The Labute approximate surface area is 128 Å². The highest BCUT2D eigenvalue weighted by molar-refractivity contribution is 5.90. The first-order valence-corrected chi connectivity index (χ1v) is 8.14. The van der Waals surface area contributed by atoms with E-state index in [1.54, 1.807) is 0 Å². The van der Waals surface area contributed by atoms with E-state index in [4.69, 9.17) is 0 Å². The smallest absolute Gasteiger partial charge is 0.319 e. The second-order valence-electron chi connectivity index (χ2n) is 7.08. The van der Waals surface area contributed by atoms with Crippen molar-refractivity contribution in [1.29, 1.82) is 0 Å². The third kappa shape index (κ3) is 4.76. The van der Waals surface area contributed by atoms with Crippen LogP contribution in [0.5, 0.6) is 0 Å². The van der Waals surface area contributed by atoms with Crippen molar-refractivity contribution in [3.8, 4) is 0 Å². The number of nitrogens with one attached hydrogen (secondary N) is 2. The maximum absolute atomic E-state index is 12.2. The molecule has 1 aromatic carbocycles. The Balaban J connectivity index is 1.99. The summed E-state index contributed by atoms with van der Waals surface area (Å²) in [7, 11) is 0. The molecule has 2 N–H and O–H groups in total. The second kappa shape index (κ2) is 6.97. The lowest BCUT2D eigenvalue weighted by molar-refractivity contribution is 0.247. The second-order valence-corrected chi connectivity index (χ2v) is 7.08. The first-order valence-electron chi connectivity index (χ1n) is 8.14. The summed E-state index contributed by atoms with van der Waals surface area (Å²) in [6, 6.07) is 8.31. The molecule has 0 aromatic heterocycles. The van der Waals surface area contributed by atoms with Crippen LogP contribution in [0.4, 0.5) is 10.5 Å². The van der Waals surface area contributed by atoms with Crippen LogP contribution in [0.15, 0.2) is 24.3 Å². The van der Waals surface area contributed by atoms with Crippen LogP contribution in [-0.2, 0) is 5.41 Å². The van der Waals surface area contributed by atoms with Gasteiger partial charge < -0.3 is 10.6 Å². The molecular formula is C18H28N2O. The highest BCUT2D eigenvalue weighted by Crippen LogP contribution is 2.29. The van der Waals surface area contributed by atoms with Crippen LogP contribution in [0, 0.1) is 0 Å². The van der Waals surface area contributed by atoms with Gasteiger partial charge in [0.05, 0.1) is 0 Å². The predicted octanol–water partition coefficient (Wildman–Crippen LogP) is 4.83. The lowest BCUT2D eigenvalue weighted by Crippen LogP contribution is -2.38. The number of hydrogen-bond acceptors (Lipinski definition) is 1. The van der Waals surface area contributed by atoms with Crippen molar-refractivity contribution in [2.45, 2.75) is 70.8 Å². The largest absolute Gasteiger partial charge is 0.335 e. The van der Waals surface area contributed by atoms with Crippen LogP contribution in [0.1, 0.15) is 64.9 Å². The Morgan fingerprint density at radius 3 is 2.29 bits per heavy atom. The van der Waals surface area contributed by atoms with Crippen LogP contribution >= 0.6 is 0 Å². The minimum absolute atomic E-state index is 0.0200. The van der Waals surface area contributed by atoms with Crippen molar-refractivity contribution in [3.05, 3.63) is 29.8 Å². The Hall–Kier alpha value is -1.51. The molecular weight excluding hydrogens is 260 g/mol. The average Bonchev–Trinajstić information content (AvgIpc) is 2.66. The molecule has 1 fully saturated rings. The van der Waals surface area contributed by atoms with Gasteiger partial charge in [-0.05, 0) is 29.9 Å². The van der Waals surface area contributed by atoms with E-state index < -0.39 is 0 Å². The highest BCUT2D eigenvalue weighted by Gasteiger charge is 2.19. The third-order valence-corrected chi connectivity index (χ3v) is 4.17. The predicted molar refractivity (Wildman–Crippen MR) is 88.8 cm³/mol. The zero-order valence-corrected chi connectivity index (χ0v) is 13.5. The molecule has 3 nitrogen and oxygen atoms in total. The van der Waals surface area contributed by atoms with Crippen molar-refractivity contribution < 1.29 is 4.79 Å². The number of hydrogen-bond donors (Lipinski definition) is 2. The molecule has 0 atom stereocenters. The summed E-state index contributed by atoms with van der Waals surface area (Å²) in [6.45, 7) is 6.49. The molecule has 0 unspecified atom stereocenters. The van der Waals surface area contributed by atoms with Crippen LogP contribution in [0.2, 0.25) is 0 Å². The molecule has 1 saturated carbocycles. The van der Waals surface area contributed by atoms with Crippen molar-refractivity contribution in [1.82, 2.24) is 5.32 Å². The summed E-state index contributed by atoms with van der Waals surface area (Å²) in [5.74, 6) is 0.